The Balaban J connectivity index is 1.64. The summed E-state index contributed by atoms with van der Waals surface area (Å²) >= 11 is 0. The van der Waals surface area contributed by atoms with Gasteiger partial charge in [-0.25, -0.2) is 4.79 Å². The average molecular weight is 425 g/mol. The van der Waals surface area contributed by atoms with Crippen LogP contribution in [0.4, 0.5) is 5.69 Å². The van der Waals surface area contributed by atoms with Crippen molar-refractivity contribution < 1.29 is 9.59 Å². The Morgan fingerprint density at radius 3 is 2.35 bits per heavy atom. The lowest BCUT2D eigenvalue weighted by molar-refractivity contribution is -0.111. The normalized spacial score (nSPS) is 14.5. The number of rotatable bonds is 5. The van der Waals surface area contributed by atoms with E-state index < -0.39 is 17.2 Å². The van der Waals surface area contributed by atoms with E-state index in [1.165, 1.54) is 43.4 Å². The number of carbonyl (C=O) groups is 2. The lowest BCUT2D eigenvalue weighted by atomic mass is 9.94. The van der Waals surface area contributed by atoms with Gasteiger partial charge >= 0.3 is 5.69 Å². The number of anilines is 1. The molecule has 0 saturated heterocycles. The van der Waals surface area contributed by atoms with Crippen molar-refractivity contribution in [2.45, 2.75) is 38.1 Å². The molecule has 1 saturated carbocycles. The maximum atomic E-state index is 12.7. The van der Waals surface area contributed by atoms with E-state index in [9.17, 15) is 19.2 Å². The molecular weight excluding hydrogens is 396 g/mol. The standard InChI is InChI=1S/C23H28N4O4/c1-25-15-17(22(30)27(3)23(25)31)11-14-20(28)24-18-12-9-16(10-13-18)21(29)26(2)19-7-5-4-6-8-19/h9-15,19H,4-8H2,1-3H3,(H,24,28)/b14-11+. The molecule has 1 aromatic heterocycles. The molecule has 0 aliphatic heterocycles. The summed E-state index contributed by atoms with van der Waals surface area (Å²) in [5.41, 5.74) is 0.439. The van der Waals surface area contributed by atoms with Crippen LogP contribution in [0.25, 0.3) is 6.08 Å². The van der Waals surface area contributed by atoms with Crippen LogP contribution in [0.2, 0.25) is 0 Å². The van der Waals surface area contributed by atoms with Gasteiger partial charge in [0.15, 0.2) is 0 Å². The number of benzene rings is 1. The van der Waals surface area contributed by atoms with Crippen LogP contribution in [0.1, 0.15) is 48.0 Å². The molecule has 0 radical (unpaired) electrons. The molecule has 31 heavy (non-hydrogen) atoms. The first-order valence-electron chi connectivity index (χ1n) is 10.4. The molecule has 164 valence electrons. The zero-order chi connectivity index (χ0) is 22.5. The van der Waals surface area contributed by atoms with Gasteiger partial charge in [0, 0.05) is 50.7 Å². The van der Waals surface area contributed by atoms with Gasteiger partial charge in [-0.1, -0.05) is 19.3 Å². The van der Waals surface area contributed by atoms with Gasteiger partial charge in [-0.15, -0.1) is 0 Å². The summed E-state index contributed by atoms with van der Waals surface area (Å²) in [6.07, 6.45) is 9.63. The summed E-state index contributed by atoms with van der Waals surface area (Å²) in [4.78, 5) is 50.6. The van der Waals surface area contributed by atoms with Gasteiger partial charge in [-0.05, 0) is 43.2 Å². The summed E-state index contributed by atoms with van der Waals surface area (Å²) in [6, 6.07) is 7.04. The van der Waals surface area contributed by atoms with Crippen LogP contribution < -0.4 is 16.6 Å². The lowest BCUT2D eigenvalue weighted by Crippen LogP contribution is -2.38. The van der Waals surface area contributed by atoms with Crippen LogP contribution in [0.3, 0.4) is 0 Å². The number of amides is 2. The molecule has 0 bridgehead atoms. The fourth-order valence-electron chi connectivity index (χ4n) is 3.83. The van der Waals surface area contributed by atoms with E-state index in [2.05, 4.69) is 5.32 Å². The molecular formula is C23H28N4O4. The number of nitrogens with one attached hydrogen (secondary N) is 1. The summed E-state index contributed by atoms with van der Waals surface area (Å²) in [6.45, 7) is 0. The summed E-state index contributed by atoms with van der Waals surface area (Å²) in [5.74, 6) is -0.440. The second-order valence-electron chi connectivity index (χ2n) is 7.95. The van der Waals surface area contributed by atoms with Crippen LogP contribution in [-0.4, -0.2) is 38.9 Å². The van der Waals surface area contributed by atoms with Crippen LogP contribution in [0.5, 0.6) is 0 Å². The van der Waals surface area contributed by atoms with Gasteiger partial charge in [0.1, 0.15) is 0 Å². The second kappa shape index (κ2) is 9.59. The zero-order valence-corrected chi connectivity index (χ0v) is 18.1. The Kier molecular flexibility index (Phi) is 6.89. The third-order valence-corrected chi connectivity index (χ3v) is 5.73. The molecule has 8 heteroatoms. The molecule has 2 aromatic rings. The Bertz CT molecular complexity index is 1110. The highest BCUT2D eigenvalue weighted by Crippen LogP contribution is 2.23. The lowest BCUT2D eigenvalue weighted by Gasteiger charge is -2.31. The van der Waals surface area contributed by atoms with Crippen LogP contribution in [0, 0.1) is 0 Å². The quantitative estimate of drug-likeness (QED) is 0.744. The van der Waals surface area contributed by atoms with Gasteiger partial charge in [-0.3, -0.25) is 19.0 Å². The minimum Gasteiger partial charge on any atom is -0.339 e. The molecule has 8 nitrogen and oxygen atoms in total. The number of aryl methyl sites for hydroxylation is 1. The molecule has 1 aliphatic carbocycles. The highest BCUT2D eigenvalue weighted by atomic mass is 16.2. The van der Waals surface area contributed by atoms with E-state index in [4.69, 9.17) is 0 Å². The van der Waals surface area contributed by atoms with E-state index in [0.717, 1.165) is 30.3 Å². The van der Waals surface area contributed by atoms with Gasteiger partial charge in [-0.2, -0.15) is 0 Å². The van der Waals surface area contributed by atoms with Crippen molar-refractivity contribution in [2.24, 2.45) is 14.1 Å². The fraction of sp³-hybridized carbons (Fsp3) is 0.391. The average Bonchev–Trinajstić information content (AvgIpc) is 2.79. The Hall–Kier alpha value is -3.42. The molecule has 3 rings (SSSR count). The minimum atomic E-state index is -0.475. The first-order chi connectivity index (χ1) is 14.8. The third kappa shape index (κ3) is 5.20. The van der Waals surface area contributed by atoms with E-state index >= 15 is 0 Å². The number of hydrogen-bond acceptors (Lipinski definition) is 4. The summed E-state index contributed by atoms with van der Waals surface area (Å²) < 4.78 is 2.26. The molecule has 1 aliphatic rings. The Morgan fingerprint density at radius 2 is 1.71 bits per heavy atom. The predicted octanol–water partition coefficient (Wildman–Crippen LogP) is 2.14. The van der Waals surface area contributed by atoms with E-state index in [1.54, 1.807) is 24.3 Å². The van der Waals surface area contributed by atoms with E-state index in [1.807, 2.05) is 11.9 Å². The smallest absolute Gasteiger partial charge is 0.330 e. The van der Waals surface area contributed by atoms with Crippen molar-refractivity contribution in [1.82, 2.24) is 14.0 Å². The molecule has 0 spiro atoms. The molecule has 2 amide bonds. The number of carbonyl (C=O) groups excluding carboxylic acids is 2. The molecule has 0 atom stereocenters. The highest BCUT2D eigenvalue weighted by molar-refractivity contribution is 6.02. The molecule has 1 N–H and O–H groups in total. The van der Waals surface area contributed by atoms with Crippen molar-refractivity contribution >= 4 is 23.6 Å². The van der Waals surface area contributed by atoms with Crippen molar-refractivity contribution in [3.8, 4) is 0 Å². The number of aromatic nitrogens is 2. The van der Waals surface area contributed by atoms with E-state index in [-0.39, 0.29) is 17.5 Å². The Labute approximate surface area is 180 Å². The monoisotopic (exact) mass is 424 g/mol. The zero-order valence-electron chi connectivity index (χ0n) is 18.1. The third-order valence-electron chi connectivity index (χ3n) is 5.73. The first kappa shape index (κ1) is 22.3. The first-order valence-corrected chi connectivity index (χ1v) is 10.4. The van der Waals surface area contributed by atoms with Gasteiger partial charge in [0.2, 0.25) is 5.91 Å². The van der Waals surface area contributed by atoms with Crippen molar-refractivity contribution in [3.63, 3.8) is 0 Å². The largest absolute Gasteiger partial charge is 0.339 e. The summed E-state index contributed by atoms with van der Waals surface area (Å²) in [5, 5.41) is 2.70. The van der Waals surface area contributed by atoms with Crippen molar-refractivity contribution in [2.75, 3.05) is 12.4 Å². The minimum absolute atomic E-state index is 0.0183. The molecule has 1 fully saturated rings. The highest BCUT2D eigenvalue weighted by Gasteiger charge is 2.22. The van der Waals surface area contributed by atoms with E-state index in [0.29, 0.717) is 11.3 Å². The van der Waals surface area contributed by atoms with Crippen LogP contribution in [0.15, 0.2) is 46.1 Å². The van der Waals surface area contributed by atoms with Gasteiger partial charge < -0.3 is 14.8 Å². The van der Waals surface area contributed by atoms with Crippen molar-refractivity contribution in [1.29, 1.82) is 0 Å². The van der Waals surface area contributed by atoms with Crippen LogP contribution in [-0.2, 0) is 18.9 Å². The number of hydrogen-bond donors (Lipinski definition) is 1. The van der Waals surface area contributed by atoms with Gasteiger partial charge in [0.25, 0.3) is 11.5 Å². The van der Waals surface area contributed by atoms with Gasteiger partial charge in [0.05, 0.1) is 5.56 Å². The maximum Gasteiger partial charge on any atom is 0.330 e. The summed E-state index contributed by atoms with van der Waals surface area (Å²) in [7, 11) is 4.77. The van der Waals surface area contributed by atoms with Crippen molar-refractivity contribution in [3.05, 3.63) is 68.5 Å². The molecule has 1 heterocycles. The SMILES string of the molecule is CN(C(=O)c1ccc(NC(=O)/C=C/c2cn(C)c(=O)n(C)c2=O)cc1)C1CCCCC1. The fourth-order valence-corrected chi connectivity index (χ4v) is 3.83. The number of nitrogens with zero attached hydrogens (tertiary/aromatic N) is 3. The predicted molar refractivity (Wildman–Crippen MR) is 120 cm³/mol. The molecule has 0 unspecified atom stereocenters. The van der Waals surface area contributed by atoms with Crippen LogP contribution >= 0.6 is 0 Å². The topological polar surface area (TPSA) is 93.4 Å². The second-order valence-corrected chi connectivity index (χ2v) is 7.95. The Morgan fingerprint density at radius 1 is 1.06 bits per heavy atom. The maximum absolute atomic E-state index is 12.7. The molecule has 1 aromatic carbocycles.